The van der Waals surface area contributed by atoms with E-state index in [2.05, 4.69) is 15.3 Å². The van der Waals surface area contributed by atoms with Crippen LogP contribution in [0.3, 0.4) is 0 Å². The fourth-order valence-corrected chi connectivity index (χ4v) is 6.20. The molecule has 1 aromatic heterocycles. The van der Waals surface area contributed by atoms with Crippen molar-refractivity contribution in [2.24, 2.45) is 11.8 Å². The third kappa shape index (κ3) is 4.49. The zero-order valence-corrected chi connectivity index (χ0v) is 20.5. The summed E-state index contributed by atoms with van der Waals surface area (Å²) < 4.78 is 5.42. The maximum atomic E-state index is 13.2. The first-order chi connectivity index (χ1) is 17.0. The quantitative estimate of drug-likeness (QED) is 0.682. The van der Waals surface area contributed by atoms with Gasteiger partial charge in [0.25, 0.3) is 5.91 Å². The standard InChI is InChI=1S/C26H30ClN5O3/c27-22-11-28-26(29-20-6-8-35-9-7-20)30-24(22)16-4-5-19-14-32(25(34)21(19)10-16)15-23(33)31-12-17-2-1-3-18(17)13-31/h4-5,10-11,17-18,20H,1-3,6-9,12-15H2,(H,28,29,30). The fraction of sp³-hybridized carbons (Fsp3) is 0.538. The number of hydrogen-bond donors (Lipinski definition) is 1. The molecule has 2 aromatic rings. The minimum absolute atomic E-state index is 0.0588. The van der Waals surface area contributed by atoms with Gasteiger partial charge in [-0.2, -0.15) is 0 Å². The monoisotopic (exact) mass is 495 g/mol. The summed E-state index contributed by atoms with van der Waals surface area (Å²) in [7, 11) is 0. The van der Waals surface area contributed by atoms with E-state index in [4.69, 9.17) is 16.3 Å². The van der Waals surface area contributed by atoms with Gasteiger partial charge in [-0.15, -0.1) is 0 Å². The highest BCUT2D eigenvalue weighted by Crippen LogP contribution is 2.38. The summed E-state index contributed by atoms with van der Waals surface area (Å²) in [4.78, 5) is 38.8. The van der Waals surface area contributed by atoms with Gasteiger partial charge in [0.1, 0.15) is 6.54 Å². The molecule has 1 N–H and O–H groups in total. The van der Waals surface area contributed by atoms with E-state index in [9.17, 15) is 9.59 Å². The number of fused-ring (bicyclic) bond motifs is 2. The summed E-state index contributed by atoms with van der Waals surface area (Å²) in [5, 5.41) is 3.80. The van der Waals surface area contributed by atoms with Crippen LogP contribution in [0.1, 0.15) is 48.0 Å². The lowest BCUT2D eigenvalue weighted by atomic mass is 10.0. The number of carbonyl (C=O) groups excluding carboxylic acids is 2. The van der Waals surface area contributed by atoms with Gasteiger partial charge in [0, 0.05) is 50.0 Å². The van der Waals surface area contributed by atoms with Crippen LogP contribution in [-0.4, -0.2) is 70.5 Å². The third-order valence-electron chi connectivity index (χ3n) is 7.97. The minimum Gasteiger partial charge on any atom is -0.381 e. The Balaban J connectivity index is 1.16. The van der Waals surface area contributed by atoms with Crippen molar-refractivity contribution in [2.75, 3.05) is 38.2 Å². The molecule has 0 bridgehead atoms. The molecule has 184 valence electrons. The van der Waals surface area contributed by atoms with Crippen molar-refractivity contribution in [3.63, 3.8) is 0 Å². The first-order valence-corrected chi connectivity index (χ1v) is 13.0. The Morgan fingerprint density at radius 3 is 2.69 bits per heavy atom. The average Bonchev–Trinajstić information content (AvgIpc) is 3.55. The number of likely N-dealkylation sites (tertiary alicyclic amines) is 1. The lowest BCUT2D eigenvalue weighted by Crippen LogP contribution is -2.39. The summed E-state index contributed by atoms with van der Waals surface area (Å²) in [5.41, 5.74) is 2.89. The molecule has 8 nitrogen and oxygen atoms in total. The fourth-order valence-electron chi connectivity index (χ4n) is 6.00. The number of ether oxygens (including phenoxy) is 1. The lowest BCUT2D eigenvalue weighted by molar-refractivity contribution is -0.131. The Bertz CT molecular complexity index is 1140. The SMILES string of the molecule is O=C(CN1Cc2ccc(-c3nc(NC4CCOCC4)ncc3Cl)cc2C1=O)N1CC2CCCC2C1. The van der Waals surface area contributed by atoms with Crippen molar-refractivity contribution in [1.82, 2.24) is 19.8 Å². The number of halogens is 1. The Kier molecular flexibility index (Phi) is 6.10. The van der Waals surface area contributed by atoms with Crippen molar-refractivity contribution in [2.45, 2.75) is 44.7 Å². The van der Waals surface area contributed by atoms with Crippen molar-refractivity contribution in [3.8, 4) is 11.3 Å². The van der Waals surface area contributed by atoms with E-state index >= 15 is 0 Å². The van der Waals surface area contributed by atoms with E-state index in [0.717, 1.165) is 50.3 Å². The van der Waals surface area contributed by atoms with Gasteiger partial charge in [0.05, 0.1) is 16.9 Å². The van der Waals surface area contributed by atoms with Gasteiger partial charge >= 0.3 is 0 Å². The summed E-state index contributed by atoms with van der Waals surface area (Å²) in [6.45, 7) is 3.73. The molecule has 3 aliphatic heterocycles. The van der Waals surface area contributed by atoms with Gasteiger partial charge in [-0.25, -0.2) is 9.97 Å². The molecule has 2 unspecified atom stereocenters. The summed E-state index contributed by atoms with van der Waals surface area (Å²) >= 11 is 6.45. The highest BCUT2D eigenvalue weighted by atomic mass is 35.5. The van der Waals surface area contributed by atoms with E-state index in [0.29, 0.717) is 40.6 Å². The van der Waals surface area contributed by atoms with Gasteiger partial charge in [-0.05, 0) is 49.1 Å². The van der Waals surface area contributed by atoms with Crippen LogP contribution >= 0.6 is 11.6 Å². The molecule has 4 aliphatic rings. The van der Waals surface area contributed by atoms with E-state index in [-0.39, 0.29) is 24.4 Å². The average molecular weight is 496 g/mol. The highest BCUT2D eigenvalue weighted by molar-refractivity contribution is 6.33. The van der Waals surface area contributed by atoms with E-state index in [1.807, 2.05) is 23.1 Å². The predicted molar refractivity (Wildman–Crippen MR) is 132 cm³/mol. The van der Waals surface area contributed by atoms with Gasteiger partial charge in [0.2, 0.25) is 11.9 Å². The molecule has 4 heterocycles. The highest BCUT2D eigenvalue weighted by Gasteiger charge is 2.39. The smallest absolute Gasteiger partial charge is 0.254 e. The van der Waals surface area contributed by atoms with Gasteiger partial charge < -0.3 is 19.9 Å². The topological polar surface area (TPSA) is 87.7 Å². The Morgan fingerprint density at radius 2 is 1.91 bits per heavy atom. The van der Waals surface area contributed by atoms with E-state index in [1.165, 1.54) is 19.3 Å². The van der Waals surface area contributed by atoms with Crippen LogP contribution in [0.15, 0.2) is 24.4 Å². The second kappa shape index (κ2) is 9.39. The normalized spacial score (nSPS) is 24.1. The van der Waals surface area contributed by atoms with Crippen LogP contribution in [0.4, 0.5) is 5.95 Å². The first-order valence-electron chi connectivity index (χ1n) is 12.6. The number of nitrogens with one attached hydrogen (secondary N) is 1. The first kappa shape index (κ1) is 22.7. The molecule has 1 aromatic carbocycles. The molecule has 1 aliphatic carbocycles. The maximum absolute atomic E-state index is 13.2. The van der Waals surface area contributed by atoms with Crippen molar-refractivity contribution in [3.05, 3.63) is 40.5 Å². The number of anilines is 1. The molecule has 0 spiro atoms. The lowest BCUT2D eigenvalue weighted by Gasteiger charge is -2.23. The maximum Gasteiger partial charge on any atom is 0.254 e. The number of rotatable bonds is 5. The molecule has 0 radical (unpaired) electrons. The van der Waals surface area contributed by atoms with Crippen molar-refractivity contribution < 1.29 is 14.3 Å². The van der Waals surface area contributed by atoms with Crippen LogP contribution in [-0.2, 0) is 16.1 Å². The molecule has 2 amide bonds. The van der Waals surface area contributed by atoms with Crippen LogP contribution in [0.2, 0.25) is 5.02 Å². The molecule has 2 saturated heterocycles. The molecule has 3 fully saturated rings. The van der Waals surface area contributed by atoms with Crippen molar-refractivity contribution in [1.29, 1.82) is 0 Å². The second-order valence-electron chi connectivity index (χ2n) is 10.2. The molecule has 2 atom stereocenters. The predicted octanol–water partition coefficient (Wildman–Crippen LogP) is 3.60. The number of benzene rings is 1. The zero-order chi connectivity index (χ0) is 23.9. The minimum atomic E-state index is -0.111. The summed E-state index contributed by atoms with van der Waals surface area (Å²) in [6.07, 6.45) is 7.14. The molecule has 9 heteroatoms. The van der Waals surface area contributed by atoms with Gasteiger partial charge in [-0.3, -0.25) is 9.59 Å². The molecular weight excluding hydrogens is 466 g/mol. The van der Waals surface area contributed by atoms with E-state index < -0.39 is 0 Å². The summed E-state index contributed by atoms with van der Waals surface area (Å²) in [6, 6.07) is 5.98. The molecular formula is C26H30ClN5O3. The van der Waals surface area contributed by atoms with Gasteiger partial charge in [-0.1, -0.05) is 30.2 Å². The molecule has 35 heavy (non-hydrogen) atoms. The number of aromatic nitrogens is 2. The van der Waals surface area contributed by atoms with Crippen LogP contribution < -0.4 is 5.32 Å². The van der Waals surface area contributed by atoms with Crippen LogP contribution in [0.25, 0.3) is 11.3 Å². The van der Waals surface area contributed by atoms with E-state index in [1.54, 1.807) is 11.1 Å². The Hall–Kier alpha value is -2.71. The molecule has 6 rings (SSSR count). The third-order valence-corrected chi connectivity index (χ3v) is 8.24. The number of hydrogen-bond acceptors (Lipinski definition) is 6. The summed E-state index contributed by atoms with van der Waals surface area (Å²) in [5.74, 6) is 1.77. The van der Waals surface area contributed by atoms with Crippen LogP contribution in [0, 0.1) is 11.8 Å². The number of nitrogens with zero attached hydrogens (tertiary/aromatic N) is 4. The van der Waals surface area contributed by atoms with Crippen LogP contribution in [0.5, 0.6) is 0 Å². The van der Waals surface area contributed by atoms with Gasteiger partial charge in [0.15, 0.2) is 0 Å². The molecule has 1 saturated carbocycles. The largest absolute Gasteiger partial charge is 0.381 e. The number of carbonyl (C=O) groups is 2. The zero-order valence-electron chi connectivity index (χ0n) is 19.7. The second-order valence-corrected chi connectivity index (χ2v) is 10.6. The Morgan fingerprint density at radius 1 is 1.14 bits per heavy atom. The van der Waals surface area contributed by atoms with Crippen molar-refractivity contribution >= 4 is 29.4 Å². The Labute approximate surface area is 210 Å². The number of amides is 2.